The fourth-order valence-corrected chi connectivity index (χ4v) is 3.77. The van der Waals surface area contributed by atoms with Crippen LogP contribution in [0.15, 0.2) is 36.7 Å². The Morgan fingerprint density at radius 1 is 1.11 bits per heavy atom. The Kier molecular flexibility index (Phi) is 4.16. The van der Waals surface area contributed by atoms with Crippen LogP contribution in [0, 0.1) is 0 Å². The summed E-state index contributed by atoms with van der Waals surface area (Å²) in [6.07, 6.45) is 6.19. The van der Waals surface area contributed by atoms with Crippen LogP contribution in [0.5, 0.6) is 0 Å². The van der Waals surface area contributed by atoms with E-state index in [1.807, 2.05) is 18.2 Å². The summed E-state index contributed by atoms with van der Waals surface area (Å²) in [5, 5.41) is 11.3. The molecule has 0 spiro atoms. The van der Waals surface area contributed by atoms with Crippen molar-refractivity contribution in [3.05, 3.63) is 52.9 Å². The van der Waals surface area contributed by atoms with Gasteiger partial charge >= 0.3 is 0 Å². The summed E-state index contributed by atoms with van der Waals surface area (Å²) in [6, 6.07) is 10.3. The Bertz CT molecular complexity index is 935. The van der Waals surface area contributed by atoms with Crippen LogP contribution < -0.4 is 10.2 Å². The molecule has 0 bridgehead atoms. The third-order valence-electron chi connectivity index (χ3n) is 5.18. The minimum absolute atomic E-state index is 0.254. The van der Waals surface area contributed by atoms with Gasteiger partial charge in [-0.25, -0.2) is 9.97 Å². The second kappa shape index (κ2) is 6.81. The summed E-state index contributed by atoms with van der Waals surface area (Å²) < 4.78 is 0. The van der Waals surface area contributed by atoms with Crippen LogP contribution in [0.2, 0.25) is 5.02 Å². The van der Waals surface area contributed by atoms with Gasteiger partial charge < -0.3 is 10.2 Å². The molecule has 3 aromatic rings. The summed E-state index contributed by atoms with van der Waals surface area (Å²) in [6.45, 7) is 0.922. The highest BCUT2D eigenvalue weighted by Gasteiger charge is 2.28. The third kappa shape index (κ3) is 3.47. The Balaban J connectivity index is 1.36. The molecule has 0 amide bonds. The minimum atomic E-state index is 0.254. The molecule has 2 aromatic heterocycles. The van der Waals surface area contributed by atoms with Gasteiger partial charge in [-0.05, 0) is 43.4 Å². The molecule has 1 aliphatic heterocycles. The number of aromatic amines is 1. The van der Waals surface area contributed by atoms with Crippen molar-refractivity contribution in [1.29, 1.82) is 0 Å². The molecule has 1 saturated heterocycles. The largest absolute Gasteiger partial charge is 0.334 e. The smallest absolute Gasteiger partial charge is 0.233 e. The van der Waals surface area contributed by atoms with E-state index in [0.29, 0.717) is 17.8 Å². The fraction of sp³-hybridized carbons (Fsp3) is 0.368. The zero-order valence-electron chi connectivity index (χ0n) is 14.8. The van der Waals surface area contributed by atoms with Crippen molar-refractivity contribution in [2.45, 2.75) is 37.6 Å². The zero-order chi connectivity index (χ0) is 18.2. The number of H-pyrrole nitrogens is 1. The van der Waals surface area contributed by atoms with Crippen molar-refractivity contribution in [3.8, 4) is 0 Å². The lowest BCUT2D eigenvalue weighted by Crippen LogP contribution is -2.25. The maximum Gasteiger partial charge on any atom is 0.233 e. The number of halogens is 1. The lowest BCUT2D eigenvalue weighted by molar-refractivity contribution is 0.700. The molecule has 1 saturated carbocycles. The van der Waals surface area contributed by atoms with Crippen molar-refractivity contribution in [2.24, 2.45) is 0 Å². The Hall–Kier alpha value is -2.67. The van der Waals surface area contributed by atoms with Gasteiger partial charge in [0.25, 0.3) is 0 Å². The molecule has 1 unspecified atom stereocenters. The van der Waals surface area contributed by atoms with Gasteiger partial charge in [-0.15, -0.1) is 0 Å². The van der Waals surface area contributed by atoms with E-state index in [1.54, 1.807) is 6.33 Å². The number of rotatable bonds is 5. The second-order valence-corrected chi connectivity index (χ2v) is 7.56. The van der Waals surface area contributed by atoms with Gasteiger partial charge in [-0.2, -0.15) is 10.1 Å². The van der Waals surface area contributed by atoms with E-state index in [4.69, 9.17) is 11.6 Å². The maximum atomic E-state index is 6.03. The van der Waals surface area contributed by atoms with E-state index in [-0.39, 0.29) is 6.04 Å². The molecule has 2 N–H and O–H groups in total. The number of hydrogen-bond donors (Lipinski definition) is 2. The highest BCUT2D eigenvalue weighted by molar-refractivity contribution is 6.30. The van der Waals surface area contributed by atoms with Gasteiger partial charge in [0.15, 0.2) is 5.82 Å². The maximum absolute atomic E-state index is 6.03. The van der Waals surface area contributed by atoms with E-state index in [1.165, 1.54) is 24.1 Å². The Morgan fingerprint density at radius 2 is 1.96 bits per heavy atom. The molecule has 5 rings (SSSR count). The molecule has 1 atom stereocenters. The molecule has 1 aliphatic carbocycles. The summed E-state index contributed by atoms with van der Waals surface area (Å²) in [7, 11) is 0. The van der Waals surface area contributed by atoms with Crippen LogP contribution in [-0.4, -0.2) is 31.7 Å². The van der Waals surface area contributed by atoms with E-state index < -0.39 is 0 Å². The molecule has 1 aromatic carbocycles. The first-order chi connectivity index (χ1) is 13.3. The lowest BCUT2D eigenvalue weighted by atomic mass is 10.1. The number of aromatic nitrogens is 5. The molecule has 138 valence electrons. The highest BCUT2D eigenvalue weighted by atomic mass is 35.5. The molecule has 2 fully saturated rings. The number of nitrogens with zero attached hydrogens (tertiary/aromatic N) is 5. The number of anilines is 3. The fourth-order valence-electron chi connectivity index (χ4n) is 3.64. The Morgan fingerprint density at radius 3 is 2.78 bits per heavy atom. The van der Waals surface area contributed by atoms with Crippen molar-refractivity contribution >= 4 is 29.3 Å². The normalized spacial score (nSPS) is 19.4. The van der Waals surface area contributed by atoms with Crippen LogP contribution >= 0.6 is 11.6 Å². The van der Waals surface area contributed by atoms with Crippen LogP contribution in [0.25, 0.3) is 0 Å². The van der Waals surface area contributed by atoms with Gasteiger partial charge in [0.05, 0.1) is 6.04 Å². The first kappa shape index (κ1) is 16.5. The Labute approximate surface area is 162 Å². The number of hydrogen-bond acceptors (Lipinski definition) is 6. The quantitative estimate of drug-likeness (QED) is 0.688. The third-order valence-corrected chi connectivity index (χ3v) is 5.43. The summed E-state index contributed by atoms with van der Waals surface area (Å²) in [4.78, 5) is 15.5. The molecular weight excluding hydrogens is 362 g/mol. The standard InChI is InChI=1S/C19H20ClN7/c20-14-7-5-13(6-8-14)16-2-1-9-27(16)19-22-11-21-18(24-19)23-17-10-15(25-26-17)12-3-4-12/h5-8,10-12,16H,1-4,9H2,(H2,21,22,23,24,25,26). The van der Waals surface area contributed by atoms with E-state index >= 15 is 0 Å². The summed E-state index contributed by atoms with van der Waals surface area (Å²) in [5.74, 6) is 2.56. The number of benzene rings is 1. The predicted molar refractivity (Wildman–Crippen MR) is 104 cm³/mol. The highest BCUT2D eigenvalue weighted by Crippen LogP contribution is 2.39. The van der Waals surface area contributed by atoms with E-state index in [2.05, 4.69) is 47.5 Å². The SMILES string of the molecule is Clc1ccc(C2CCCN2c2ncnc(Nc3cc(C4CC4)[nH]n3)n2)cc1. The molecule has 7 nitrogen and oxygen atoms in total. The van der Waals surface area contributed by atoms with Crippen molar-refractivity contribution in [1.82, 2.24) is 25.1 Å². The van der Waals surface area contributed by atoms with Gasteiger partial charge in [-0.1, -0.05) is 23.7 Å². The van der Waals surface area contributed by atoms with Crippen LogP contribution in [0.1, 0.15) is 48.9 Å². The molecular formula is C19H20ClN7. The van der Waals surface area contributed by atoms with E-state index in [9.17, 15) is 0 Å². The second-order valence-electron chi connectivity index (χ2n) is 7.12. The molecule has 2 aliphatic rings. The first-order valence-corrected chi connectivity index (χ1v) is 9.67. The van der Waals surface area contributed by atoms with Gasteiger partial charge in [0, 0.05) is 29.2 Å². The lowest BCUT2D eigenvalue weighted by Gasteiger charge is -2.25. The first-order valence-electron chi connectivity index (χ1n) is 9.30. The van der Waals surface area contributed by atoms with Gasteiger partial charge in [-0.3, -0.25) is 5.10 Å². The van der Waals surface area contributed by atoms with E-state index in [0.717, 1.165) is 30.2 Å². The van der Waals surface area contributed by atoms with Crippen LogP contribution in [0.4, 0.5) is 17.7 Å². The van der Waals surface area contributed by atoms with Crippen molar-refractivity contribution in [3.63, 3.8) is 0 Å². The monoisotopic (exact) mass is 381 g/mol. The minimum Gasteiger partial charge on any atom is -0.334 e. The van der Waals surface area contributed by atoms with Crippen molar-refractivity contribution < 1.29 is 0 Å². The zero-order valence-corrected chi connectivity index (χ0v) is 15.5. The number of nitrogens with one attached hydrogen (secondary N) is 2. The van der Waals surface area contributed by atoms with Crippen molar-refractivity contribution in [2.75, 3.05) is 16.8 Å². The topological polar surface area (TPSA) is 82.6 Å². The summed E-state index contributed by atoms with van der Waals surface area (Å²) in [5.41, 5.74) is 2.40. The predicted octanol–water partition coefficient (Wildman–Crippen LogP) is 4.21. The summed E-state index contributed by atoms with van der Waals surface area (Å²) >= 11 is 6.03. The van der Waals surface area contributed by atoms with Crippen LogP contribution in [0.3, 0.4) is 0 Å². The average molecular weight is 382 g/mol. The van der Waals surface area contributed by atoms with Gasteiger partial charge in [0.1, 0.15) is 6.33 Å². The molecule has 3 heterocycles. The molecule has 8 heteroatoms. The molecule has 27 heavy (non-hydrogen) atoms. The van der Waals surface area contributed by atoms with Gasteiger partial charge in [0.2, 0.25) is 11.9 Å². The average Bonchev–Trinajstić information content (AvgIpc) is 3.23. The molecule has 0 radical (unpaired) electrons. The van der Waals surface area contributed by atoms with Crippen LogP contribution in [-0.2, 0) is 0 Å².